The summed E-state index contributed by atoms with van der Waals surface area (Å²) in [5.41, 5.74) is 3.27. The van der Waals surface area contributed by atoms with Crippen molar-refractivity contribution in [2.24, 2.45) is 0 Å². The lowest BCUT2D eigenvalue weighted by molar-refractivity contribution is 0.0365. The van der Waals surface area contributed by atoms with E-state index in [1.165, 1.54) is 6.20 Å². The Hall–Kier alpha value is -3.58. The number of aliphatic hydroxyl groups excluding tert-OH is 1. The number of morpholine rings is 1. The van der Waals surface area contributed by atoms with Crippen LogP contribution in [0.3, 0.4) is 0 Å². The Morgan fingerprint density at radius 3 is 2.84 bits per heavy atom. The Morgan fingerprint density at radius 1 is 1.19 bits per heavy atom. The van der Waals surface area contributed by atoms with Crippen LogP contribution in [0.1, 0.15) is 10.4 Å². The first kappa shape index (κ1) is 23.8. The van der Waals surface area contributed by atoms with Crippen molar-refractivity contribution in [2.45, 2.75) is 18.7 Å². The molecule has 0 aliphatic carbocycles. The SMILES string of the molecule is CNc1cc(-c2cn(CCN3CCOCC3)c3ncccc23)nc2c(C(=O)NC3COCC3O)cnn12. The van der Waals surface area contributed by atoms with Gasteiger partial charge in [0.15, 0.2) is 5.65 Å². The number of nitrogens with zero attached hydrogens (tertiary/aromatic N) is 6. The van der Waals surface area contributed by atoms with E-state index >= 15 is 0 Å². The summed E-state index contributed by atoms with van der Waals surface area (Å²) < 4.78 is 14.5. The number of amides is 1. The van der Waals surface area contributed by atoms with Crippen LogP contribution in [0.15, 0.2) is 36.8 Å². The van der Waals surface area contributed by atoms with Crippen LogP contribution in [0, 0.1) is 0 Å². The molecule has 6 heterocycles. The zero-order valence-corrected chi connectivity index (χ0v) is 20.6. The van der Waals surface area contributed by atoms with Gasteiger partial charge in [0, 0.05) is 62.6 Å². The molecule has 0 radical (unpaired) electrons. The molecule has 2 unspecified atom stereocenters. The van der Waals surface area contributed by atoms with E-state index in [2.05, 4.69) is 36.4 Å². The van der Waals surface area contributed by atoms with Gasteiger partial charge in [-0.25, -0.2) is 9.97 Å². The molecule has 2 saturated heterocycles. The van der Waals surface area contributed by atoms with Crippen LogP contribution in [0.5, 0.6) is 0 Å². The predicted molar refractivity (Wildman–Crippen MR) is 137 cm³/mol. The van der Waals surface area contributed by atoms with Crippen molar-refractivity contribution >= 4 is 28.4 Å². The third-order valence-corrected chi connectivity index (χ3v) is 7.01. The first-order valence-corrected chi connectivity index (χ1v) is 12.5. The summed E-state index contributed by atoms with van der Waals surface area (Å²) in [6.45, 7) is 5.56. The number of carbonyl (C=O) groups excluding carboxylic acids is 1. The van der Waals surface area contributed by atoms with Crippen LogP contribution in [-0.2, 0) is 16.0 Å². The minimum Gasteiger partial charge on any atom is -0.388 e. The molecule has 4 aromatic heterocycles. The van der Waals surface area contributed by atoms with E-state index < -0.39 is 12.1 Å². The van der Waals surface area contributed by atoms with Gasteiger partial charge < -0.3 is 29.8 Å². The topological polar surface area (TPSA) is 131 Å². The number of rotatable bonds is 7. The van der Waals surface area contributed by atoms with E-state index in [0.717, 1.165) is 56.0 Å². The number of pyridine rings is 1. The lowest BCUT2D eigenvalue weighted by Crippen LogP contribution is -2.42. The van der Waals surface area contributed by atoms with E-state index in [-0.39, 0.29) is 19.1 Å². The van der Waals surface area contributed by atoms with Gasteiger partial charge in [0.2, 0.25) is 0 Å². The van der Waals surface area contributed by atoms with Crippen LogP contribution in [-0.4, -0.2) is 105 Å². The smallest absolute Gasteiger partial charge is 0.257 e. The van der Waals surface area contributed by atoms with Crippen molar-refractivity contribution in [3.63, 3.8) is 0 Å². The second kappa shape index (κ2) is 10.1. The van der Waals surface area contributed by atoms with Gasteiger partial charge >= 0.3 is 0 Å². The van der Waals surface area contributed by atoms with Crippen LogP contribution in [0.2, 0.25) is 0 Å². The number of hydrogen-bond donors (Lipinski definition) is 3. The Kier molecular flexibility index (Phi) is 6.47. The number of hydrogen-bond acceptors (Lipinski definition) is 9. The number of fused-ring (bicyclic) bond motifs is 2. The van der Waals surface area contributed by atoms with Crippen LogP contribution >= 0.6 is 0 Å². The van der Waals surface area contributed by atoms with Crippen molar-refractivity contribution in [3.8, 4) is 11.3 Å². The molecule has 0 aromatic carbocycles. The summed E-state index contributed by atoms with van der Waals surface area (Å²) in [7, 11) is 1.80. The van der Waals surface area contributed by atoms with Gasteiger partial charge in [-0.15, -0.1) is 0 Å². The highest BCUT2D eigenvalue weighted by Crippen LogP contribution is 2.31. The molecule has 194 valence electrons. The van der Waals surface area contributed by atoms with Crippen molar-refractivity contribution in [1.29, 1.82) is 0 Å². The van der Waals surface area contributed by atoms with Crippen molar-refractivity contribution < 1.29 is 19.4 Å². The Labute approximate surface area is 213 Å². The average molecular weight is 507 g/mol. The summed E-state index contributed by atoms with van der Waals surface area (Å²) in [6.07, 6.45) is 4.64. The van der Waals surface area contributed by atoms with Crippen LogP contribution in [0.4, 0.5) is 5.82 Å². The molecule has 2 aliphatic heterocycles. The summed E-state index contributed by atoms with van der Waals surface area (Å²) >= 11 is 0. The molecule has 0 bridgehead atoms. The second-order valence-electron chi connectivity index (χ2n) is 9.32. The third-order valence-electron chi connectivity index (χ3n) is 7.01. The predicted octanol–water partition coefficient (Wildman–Crippen LogP) is 0.609. The molecule has 12 nitrogen and oxygen atoms in total. The Balaban J connectivity index is 1.37. The first-order valence-electron chi connectivity index (χ1n) is 12.5. The maximum absolute atomic E-state index is 13.1. The number of aliphatic hydroxyl groups is 1. The average Bonchev–Trinajstić information content (AvgIpc) is 3.64. The lowest BCUT2D eigenvalue weighted by atomic mass is 10.1. The number of anilines is 1. The van der Waals surface area contributed by atoms with Gasteiger partial charge in [-0.1, -0.05) is 0 Å². The van der Waals surface area contributed by atoms with Crippen molar-refractivity contribution in [3.05, 3.63) is 42.4 Å². The molecule has 4 aromatic rings. The molecule has 37 heavy (non-hydrogen) atoms. The largest absolute Gasteiger partial charge is 0.388 e. The minimum atomic E-state index is -0.738. The van der Waals surface area contributed by atoms with E-state index in [1.807, 2.05) is 18.2 Å². The fourth-order valence-electron chi connectivity index (χ4n) is 4.94. The normalized spacial score (nSPS) is 20.6. The molecular formula is C25H30N8O4. The molecule has 0 spiro atoms. The standard InChI is InChI=1S/C25H30N8O4/c1-26-22-11-19(29-24-17(12-28-33(22)24)25(35)30-20-14-37-15-21(20)34)18-13-32(23-16(18)3-2-4-27-23)6-5-31-7-9-36-10-8-31/h2-4,11-13,20-21,26,34H,5-10,14-15H2,1H3,(H,30,35). The number of ether oxygens (including phenoxy) is 2. The summed E-state index contributed by atoms with van der Waals surface area (Å²) in [6, 6.07) is 5.41. The molecule has 2 atom stereocenters. The molecular weight excluding hydrogens is 476 g/mol. The summed E-state index contributed by atoms with van der Waals surface area (Å²) in [5.74, 6) is 0.340. The highest BCUT2D eigenvalue weighted by Gasteiger charge is 2.29. The van der Waals surface area contributed by atoms with Gasteiger partial charge in [0.05, 0.1) is 50.5 Å². The summed E-state index contributed by atoms with van der Waals surface area (Å²) in [4.78, 5) is 25.0. The third kappa shape index (κ3) is 4.53. The van der Waals surface area contributed by atoms with E-state index in [0.29, 0.717) is 22.7 Å². The van der Waals surface area contributed by atoms with Gasteiger partial charge in [-0.05, 0) is 12.1 Å². The fourth-order valence-corrected chi connectivity index (χ4v) is 4.94. The number of nitrogens with one attached hydrogen (secondary N) is 2. The molecule has 2 aliphatic rings. The highest BCUT2D eigenvalue weighted by atomic mass is 16.5. The first-order chi connectivity index (χ1) is 18.1. The summed E-state index contributed by atoms with van der Waals surface area (Å²) in [5, 5.41) is 21.4. The van der Waals surface area contributed by atoms with E-state index in [4.69, 9.17) is 14.5 Å². The van der Waals surface area contributed by atoms with Gasteiger partial charge in [0.25, 0.3) is 5.91 Å². The molecule has 6 rings (SSSR count). The fraction of sp³-hybridized carbons (Fsp3) is 0.440. The maximum Gasteiger partial charge on any atom is 0.257 e. The van der Waals surface area contributed by atoms with Gasteiger partial charge in [0.1, 0.15) is 17.0 Å². The quantitative estimate of drug-likeness (QED) is 0.330. The molecule has 0 saturated carbocycles. The van der Waals surface area contributed by atoms with Crippen molar-refractivity contribution in [1.82, 2.24) is 34.4 Å². The zero-order chi connectivity index (χ0) is 25.4. The second-order valence-corrected chi connectivity index (χ2v) is 9.32. The minimum absolute atomic E-state index is 0.204. The maximum atomic E-state index is 13.1. The zero-order valence-electron chi connectivity index (χ0n) is 20.6. The Bertz CT molecular complexity index is 1430. The van der Waals surface area contributed by atoms with Crippen LogP contribution < -0.4 is 10.6 Å². The van der Waals surface area contributed by atoms with Crippen molar-refractivity contribution in [2.75, 3.05) is 58.4 Å². The number of aromatic nitrogens is 5. The van der Waals surface area contributed by atoms with E-state index in [1.54, 1.807) is 17.8 Å². The van der Waals surface area contributed by atoms with Crippen LogP contribution in [0.25, 0.3) is 27.9 Å². The van der Waals surface area contributed by atoms with Gasteiger partial charge in [-0.3, -0.25) is 9.69 Å². The number of carbonyl (C=O) groups is 1. The monoisotopic (exact) mass is 506 g/mol. The highest BCUT2D eigenvalue weighted by molar-refractivity contribution is 6.01. The molecule has 3 N–H and O–H groups in total. The molecule has 1 amide bonds. The van der Waals surface area contributed by atoms with E-state index in [9.17, 15) is 9.90 Å². The Morgan fingerprint density at radius 2 is 2.05 bits per heavy atom. The molecule has 2 fully saturated rings. The van der Waals surface area contributed by atoms with Gasteiger partial charge in [-0.2, -0.15) is 9.61 Å². The molecule has 12 heteroatoms. The lowest BCUT2D eigenvalue weighted by Gasteiger charge is -2.26.